The zero-order valence-electron chi connectivity index (χ0n) is 18.3. The Morgan fingerprint density at radius 3 is 2.51 bits per heavy atom. The molecular weight excluding hydrogens is 472 g/mol. The van der Waals surface area contributed by atoms with Crippen LogP contribution in [0.1, 0.15) is 33.4 Å². The van der Waals surface area contributed by atoms with Crippen molar-refractivity contribution < 1.29 is 33.4 Å². The predicted molar refractivity (Wildman–Crippen MR) is 130 cm³/mol. The molecule has 1 aliphatic rings. The summed E-state index contributed by atoms with van der Waals surface area (Å²) in [5.41, 5.74) is 1.00. The molecular formula is C25H18N2O7S. The van der Waals surface area contributed by atoms with Crippen molar-refractivity contribution in [1.29, 1.82) is 0 Å². The van der Waals surface area contributed by atoms with Crippen molar-refractivity contribution in [3.8, 4) is 11.3 Å². The van der Waals surface area contributed by atoms with Crippen molar-refractivity contribution in [3.63, 3.8) is 0 Å². The first-order valence-electron chi connectivity index (χ1n) is 10.4. The standard InChI is InChI=1S/C25H18N2O7S/c1-2-33-24(32)15-8-6-14(7-9-15)20-11-10-18(34-20)13-19-21(28)26-25(35)27(22(19)29)17-5-3-4-16(12-17)23(30)31/h3-13H,2H2,1H3,(H,30,31)(H,26,28,35). The van der Waals surface area contributed by atoms with Gasteiger partial charge in [0.05, 0.1) is 23.4 Å². The minimum absolute atomic E-state index is 0.0369. The number of thiocarbonyl (C=S) groups is 1. The van der Waals surface area contributed by atoms with Crippen LogP contribution in [0.2, 0.25) is 0 Å². The number of rotatable bonds is 6. The van der Waals surface area contributed by atoms with Crippen molar-refractivity contribution >= 4 is 52.8 Å². The Balaban J connectivity index is 1.61. The Hall–Kier alpha value is -4.57. The van der Waals surface area contributed by atoms with Gasteiger partial charge >= 0.3 is 11.9 Å². The Labute approximate surface area is 204 Å². The van der Waals surface area contributed by atoms with Crippen LogP contribution in [0.5, 0.6) is 0 Å². The van der Waals surface area contributed by atoms with Gasteiger partial charge < -0.3 is 14.3 Å². The Bertz CT molecular complexity index is 1390. The van der Waals surface area contributed by atoms with E-state index in [1.165, 1.54) is 30.3 Å². The number of carboxylic acid groups (broad SMARTS) is 1. The van der Waals surface area contributed by atoms with Crippen LogP contribution in [-0.2, 0) is 14.3 Å². The number of aromatic carboxylic acids is 1. The third-order valence-electron chi connectivity index (χ3n) is 5.05. The van der Waals surface area contributed by atoms with E-state index in [-0.39, 0.29) is 34.3 Å². The first-order chi connectivity index (χ1) is 16.8. The Morgan fingerprint density at radius 1 is 1.09 bits per heavy atom. The smallest absolute Gasteiger partial charge is 0.338 e. The summed E-state index contributed by atoms with van der Waals surface area (Å²) in [7, 11) is 0. The Morgan fingerprint density at radius 2 is 1.83 bits per heavy atom. The van der Waals surface area contributed by atoms with E-state index in [1.54, 1.807) is 43.3 Å². The first-order valence-corrected chi connectivity index (χ1v) is 10.8. The van der Waals surface area contributed by atoms with Gasteiger partial charge in [0.15, 0.2) is 5.11 Å². The quantitative estimate of drug-likeness (QED) is 0.232. The molecule has 2 heterocycles. The summed E-state index contributed by atoms with van der Waals surface area (Å²) >= 11 is 5.15. The van der Waals surface area contributed by atoms with Gasteiger partial charge in [-0.15, -0.1) is 0 Å². The molecule has 1 aromatic heterocycles. The average Bonchev–Trinajstić information content (AvgIpc) is 3.31. The van der Waals surface area contributed by atoms with Gasteiger partial charge in [-0.05, 0) is 67.7 Å². The van der Waals surface area contributed by atoms with E-state index in [4.69, 9.17) is 21.4 Å². The lowest BCUT2D eigenvalue weighted by molar-refractivity contribution is -0.122. The number of carbonyl (C=O) groups excluding carboxylic acids is 3. The minimum Gasteiger partial charge on any atom is -0.478 e. The van der Waals surface area contributed by atoms with Crippen LogP contribution in [0.15, 0.2) is 70.7 Å². The highest BCUT2D eigenvalue weighted by molar-refractivity contribution is 7.80. The molecule has 0 aliphatic carbocycles. The van der Waals surface area contributed by atoms with Crippen LogP contribution in [0.25, 0.3) is 17.4 Å². The molecule has 2 N–H and O–H groups in total. The number of nitrogens with zero attached hydrogens (tertiary/aromatic N) is 1. The maximum atomic E-state index is 13.1. The number of nitrogens with one attached hydrogen (secondary N) is 1. The first kappa shape index (κ1) is 23.6. The molecule has 4 rings (SSSR count). The molecule has 0 saturated carbocycles. The summed E-state index contributed by atoms with van der Waals surface area (Å²) in [5.74, 6) is -2.33. The molecule has 35 heavy (non-hydrogen) atoms. The minimum atomic E-state index is -1.17. The molecule has 3 aromatic rings. The molecule has 2 amide bonds. The number of hydrogen-bond donors (Lipinski definition) is 2. The number of ether oxygens (including phenoxy) is 1. The number of benzene rings is 2. The number of esters is 1. The fourth-order valence-corrected chi connectivity index (χ4v) is 3.66. The second kappa shape index (κ2) is 9.74. The largest absolute Gasteiger partial charge is 0.478 e. The second-order valence-electron chi connectivity index (χ2n) is 7.31. The fraction of sp³-hybridized carbons (Fsp3) is 0.0800. The van der Waals surface area contributed by atoms with Gasteiger partial charge in [0.1, 0.15) is 17.1 Å². The number of amides is 2. The molecule has 1 fully saturated rings. The monoisotopic (exact) mass is 490 g/mol. The van der Waals surface area contributed by atoms with Gasteiger partial charge in [0.2, 0.25) is 0 Å². The van der Waals surface area contributed by atoms with E-state index in [1.807, 2.05) is 0 Å². The maximum Gasteiger partial charge on any atom is 0.338 e. The third-order valence-corrected chi connectivity index (χ3v) is 5.33. The lowest BCUT2D eigenvalue weighted by atomic mass is 10.1. The SMILES string of the molecule is CCOC(=O)c1ccc(-c2ccc(C=C3C(=O)NC(=S)N(c4cccc(C(=O)O)c4)C3=O)o2)cc1. The summed E-state index contributed by atoms with van der Waals surface area (Å²) in [5, 5.41) is 11.5. The van der Waals surface area contributed by atoms with E-state index in [2.05, 4.69) is 5.32 Å². The van der Waals surface area contributed by atoms with Crippen LogP contribution in [-0.4, -0.2) is 40.6 Å². The number of hydrogen-bond acceptors (Lipinski definition) is 7. The zero-order valence-corrected chi connectivity index (χ0v) is 19.1. The summed E-state index contributed by atoms with van der Waals surface area (Å²) in [6.45, 7) is 2.00. The maximum absolute atomic E-state index is 13.1. The van der Waals surface area contributed by atoms with Crippen LogP contribution in [0, 0.1) is 0 Å². The highest BCUT2D eigenvalue weighted by Gasteiger charge is 2.35. The molecule has 1 aliphatic heterocycles. The Kier molecular flexibility index (Phi) is 6.56. The van der Waals surface area contributed by atoms with Crippen molar-refractivity contribution in [2.45, 2.75) is 6.92 Å². The summed E-state index contributed by atoms with van der Waals surface area (Å²) < 4.78 is 10.7. The van der Waals surface area contributed by atoms with Gasteiger partial charge in [0, 0.05) is 5.56 Å². The highest BCUT2D eigenvalue weighted by Crippen LogP contribution is 2.26. The molecule has 0 atom stereocenters. The molecule has 1 saturated heterocycles. The van der Waals surface area contributed by atoms with Gasteiger partial charge in [-0.2, -0.15) is 0 Å². The number of carbonyl (C=O) groups is 4. The predicted octanol–water partition coefficient (Wildman–Crippen LogP) is 3.65. The number of anilines is 1. The second-order valence-corrected chi connectivity index (χ2v) is 7.70. The van der Waals surface area contributed by atoms with Gasteiger partial charge in [-0.25, -0.2) is 9.59 Å². The van der Waals surface area contributed by atoms with Crippen LogP contribution in [0.4, 0.5) is 5.69 Å². The zero-order chi connectivity index (χ0) is 25.1. The summed E-state index contributed by atoms with van der Waals surface area (Å²) in [6.07, 6.45) is 1.28. The molecule has 0 radical (unpaired) electrons. The molecule has 176 valence electrons. The molecule has 0 unspecified atom stereocenters. The highest BCUT2D eigenvalue weighted by atomic mass is 32.1. The lowest BCUT2D eigenvalue weighted by Gasteiger charge is -2.28. The molecule has 0 bridgehead atoms. The van der Waals surface area contributed by atoms with Crippen LogP contribution < -0.4 is 10.2 Å². The van der Waals surface area contributed by atoms with Crippen molar-refractivity contribution in [2.24, 2.45) is 0 Å². The van der Waals surface area contributed by atoms with E-state index in [9.17, 15) is 24.3 Å². The van der Waals surface area contributed by atoms with Crippen molar-refractivity contribution in [1.82, 2.24) is 5.32 Å². The van der Waals surface area contributed by atoms with Gasteiger partial charge in [0.25, 0.3) is 11.8 Å². The van der Waals surface area contributed by atoms with Crippen molar-refractivity contribution in [2.75, 3.05) is 11.5 Å². The lowest BCUT2D eigenvalue weighted by Crippen LogP contribution is -2.54. The summed E-state index contributed by atoms with van der Waals surface area (Å²) in [4.78, 5) is 49.8. The van der Waals surface area contributed by atoms with Gasteiger partial charge in [-0.1, -0.05) is 18.2 Å². The van der Waals surface area contributed by atoms with Crippen LogP contribution >= 0.6 is 12.2 Å². The molecule has 10 heteroatoms. The van der Waals surface area contributed by atoms with E-state index in [0.29, 0.717) is 16.9 Å². The van der Waals surface area contributed by atoms with E-state index < -0.39 is 23.8 Å². The van der Waals surface area contributed by atoms with E-state index in [0.717, 1.165) is 4.90 Å². The molecule has 9 nitrogen and oxygen atoms in total. The van der Waals surface area contributed by atoms with E-state index >= 15 is 0 Å². The van der Waals surface area contributed by atoms with Crippen molar-refractivity contribution in [3.05, 3.63) is 83.1 Å². The normalized spacial score (nSPS) is 14.7. The fourth-order valence-electron chi connectivity index (χ4n) is 3.38. The summed E-state index contributed by atoms with van der Waals surface area (Å²) in [6, 6.07) is 15.5. The molecule has 0 spiro atoms. The van der Waals surface area contributed by atoms with Crippen LogP contribution in [0.3, 0.4) is 0 Å². The van der Waals surface area contributed by atoms with Gasteiger partial charge in [-0.3, -0.25) is 19.8 Å². The number of carboxylic acids is 1. The number of furan rings is 1. The third kappa shape index (κ3) is 4.87. The topological polar surface area (TPSA) is 126 Å². The molecule has 2 aromatic carbocycles. The average molecular weight is 490 g/mol.